The van der Waals surface area contributed by atoms with E-state index >= 15 is 0 Å². The molecule has 7 heteroatoms. The van der Waals surface area contributed by atoms with E-state index in [1.54, 1.807) is 0 Å². The summed E-state index contributed by atoms with van der Waals surface area (Å²) >= 11 is 13.0. The fraction of sp³-hybridized carbons (Fsp3) is 0.486. The molecule has 0 aromatic heterocycles. The van der Waals surface area contributed by atoms with Crippen molar-refractivity contribution in [2.24, 2.45) is 0 Å². The highest BCUT2D eigenvalue weighted by Crippen LogP contribution is 2.48. The van der Waals surface area contributed by atoms with Gasteiger partial charge in [-0.05, 0) is 67.6 Å². The Morgan fingerprint density at radius 2 is 1.61 bits per heavy atom. The molecule has 1 amide bonds. The van der Waals surface area contributed by atoms with Crippen LogP contribution < -0.4 is 17.1 Å². The summed E-state index contributed by atoms with van der Waals surface area (Å²) in [5, 5.41) is 1.18. The van der Waals surface area contributed by atoms with Gasteiger partial charge in [-0.3, -0.25) is 4.79 Å². The molecule has 7 rings (SSSR count). The van der Waals surface area contributed by atoms with E-state index in [1.807, 2.05) is 44.2 Å². The van der Waals surface area contributed by atoms with Gasteiger partial charge in [-0.25, -0.2) is 0 Å². The molecule has 0 saturated carbocycles. The Morgan fingerprint density at radius 3 is 2.30 bits per heavy atom. The van der Waals surface area contributed by atoms with Crippen molar-refractivity contribution in [3.63, 3.8) is 0 Å². The maximum Gasteiger partial charge on any atom is 0.227 e. The number of carbonyl (C=O) groups excluding carboxylic acids is 1. The molecule has 0 spiro atoms. The lowest BCUT2D eigenvalue weighted by atomic mass is 9.65. The molecule has 0 radical (unpaired) electrons. The molecule has 4 heterocycles. The number of ether oxygens (including phenoxy) is 1. The number of carbonyl (C=O) groups is 1. The van der Waals surface area contributed by atoms with Crippen LogP contribution in [-0.2, 0) is 22.0 Å². The molecule has 0 aliphatic carbocycles. The highest BCUT2D eigenvalue weighted by atomic mass is 35.5. The number of hydrogen-bond donors (Lipinski definition) is 0. The molecule has 3 aromatic carbocycles. The summed E-state index contributed by atoms with van der Waals surface area (Å²) in [6, 6.07) is 25.3. The fourth-order valence-corrected chi connectivity index (χ4v) is 8.42. The second-order valence-electron chi connectivity index (χ2n) is 13.7. The molecule has 0 unspecified atom stereocenters. The Hall–Kier alpha value is -2.24. The fourth-order valence-electron chi connectivity index (χ4n) is 8.12. The highest BCUT2D eigenvalue weighted by Gasteiger charge is 2.51. The number of benzene rings is 3. The third kappa shape index (κ3) is 6.94. The molecule has 4 saturated heterocycles. The first-order chi connectivity index (χ1) is 20.7. The van der Waals surface area contributed by atoms with Crippen LogP contribution in [0.4, 0.5) is 0 Å². The molecular formula is C37H45Cl3N2O2. The zero-order chi connectivity index (χ0) is 30.1. The summed E-state index contributed by atoms with van der Waals surface area (Å²) in [7, 11) is 0. The Labute approximate surface area is 279 Å². The van der Waals surface area contributed by atoms with E-state index in [0.29, 0.717) is 21.9 Å². The van der Waals surface area contributed by atoms with Gasteiger partial charge in [0.05, 0.1) is 48.7 Å². The molecule has 4 aliphatic heterocycles. The molecule has 4 nitrogen and oxygen atoms in total. The van der Waals surface area contributed by atoms with Gasteiger partial charge in [-0.15, -0.1) is 0 Å². The van der Waals surface area contributed by atoms with Gasteiger partial charge in [0.1, 0.15) is 5.75 Å². The molecule has 1 atom stereocenters. The molecule has 4 aliphatic rings. The largest absolute Gasteiger partial charge is 1.00 e. The summed E-state index contributed by atoms with van der Waals surface area (Å²) in [5.74, 6) is 0.999. The van der Waals surface area contributed by atoms with Crippen LogP contribution in [0.15, 0.2) is 72.8 Å². The van der Waals surface area contributed by atoms with Crippen molar-refractivity contribution in [3.05, 3.63) is 99.5 Å². The van der Waals surface area contributed by atoms with Crippen LogP contribution in [0.25, 0.3) is 0 Å². The first-order valence-electron chi connectivity index (χ1n) is 16.1. The first kappa shape index (κ1) is 33.1. The quantitative estimate of drug-likeness (QED) is 0.296. The Kier molecular flexibility index (Phi) is 10.3. The molecule has 3 aromatic rings. The second kappa shape index (κ2) is 13.6. The maximum absolute atomic E-state index is 13.8. The van der Waals surface area contributed by atoms with Crippen LogP contribution in [0, 0.1) is 0 Å². The van der Waals surface area contributed by atoms with Crippen LogP contribution >= 0.6 is 23.2 Å². The normalized spacial score (nSPS) is 26.3. The van der Waals surface area contributed by atoms with E-state index in [4.69, 9.17) is 27.9 Å². The Balaban J connectivity index is 0.00000384. The molecule has 2 bridgehead atoms. The standard InChI is InChI=1S/C37H45Cl2N2O2.ClH/c1-28(2)43-32-11-6-8-29(24-32)25-35(42)40-19-7-14-37(27-40,31-12-13-33(38)34(39)26-31)18-23-41-20-15-36(16-21-41,17-22-41)30-9-4-3-5-10-30;/h3-6,8-13,24,26,28H,7,14-23,25,27H2,1-2H3;1H/q+1;/p-1/t36?,37-,41?;/m0./s1. The molecular weight excluding hydrogens is 611 g/mol. The van der Waals surface area contributed by atoms with Crippen molar-refractivity contribution in [1.82, 2.24) is 4.90 Å². The van der Waals surface area contributed by atoms with E-state index in [0.717, 1.165) is 50.2 Å². The molecule has 0 N–H and O–H groups in total. The lowest BCUT2D eigenvalue weighted by Gasteiger charge is -2.56. The SMILES string of the molecule is CC(C)Oc1cccc(CC(=O)N2CCC[C@@](CC[N+]34CCC(c5ccccc5)(CC3)CC4)(c3ccc(Cl)c(Cl)c3)C2)c1.[Cl-]. The lowest BCUT2D eigenvalue weighted by molar-refractivity contribution is -0.944. The maximum atomic E-state index is 13.8. The van der Waals surface area contributed by atoms with Crippen molar-refractivity contribution in [2.75, 3.05) is 39.3 Å². The highest BCUT2D eigenvalue weighted by molar-refractivity contribution is 6.42. The summed E-state index contributed by atoms with van der Waals surface area (Å²) in [5.41, 5.74) is 3.97. The van der Waals surface area contributed by atoms with E-state index in [1.165, 1.54) is 54.5 Å². The topological polar surface area (TPSA) is 29.5 Å². The van der Waals surface area contributed by atoms with Gasteiger partial charge >= 0.3 is 0 Å². The van der Waals surface area contributed by atoms with Crippen LogP contribution in [0.1, 0.15) is 69.1 Å². The van der Waals surface area contributed by atoms with E-state index in [9.17, 15) is 4.79 Å². The van der Waals surface area contributed by atoms with Crippen LogP contribution in [0.5, 0.6) is 5.75 Å². The van der Waals surface area contributed by atoms with Crippen molar-refractivity contribution >= 4 is 29.1 Å². The number of likely N-dealkylation sites (tertiary alicyclic amines) is 1. The number of hydrogen-bond acceptors (Lipinski definition) is 2. The Morgan fingerprint density at radius 1 is 0.886 bits per heavy atom. The summed E-state index contributed by atoms with van der Waals surface area (Å²) in [4.78, 5) is 15.9. The minimum Gasteiger partial charge on any atom is -1.00 e. The second-order valence-corrected chi connectivity index (χ2v) is 14.5. The van der Waals surface area contributed by atoms with Crippen molar-refractivity contribution in [3.8, 4) is 5.75 Å². The van der Waals surface area contributed by atoms with Gasteiger partial charge < -0.3 is 26.5 Å². The zero-order valence-electron chi connectivity index (χ0n) is 26.0. The van der Waals surface area contributed by atoms with Gasteiger partial charge in [0.25, 0.3) is 0 Å². The minimum atomic E-state index is -0.136. The monoisotopic (exact) mass is 654 g/mol. The molecule has 44 heavy (non-hydrogen) atoms. The van der Waals surface area contributed by atoms with Crippen LogP contribution in [-0.4, -0.2) is 60.7 Å². The summed E-state index contributed by atoms with van der Waals surface area (Å²) in [6.07, 6.45) is 7.36. The number of halogens is 3. The number of nitrogens with zero attached hydrogens (tertiary/aromatic N) is 2. The number of quaternary nitrogens is 1. The van der Waals surface area contributed by atoms with E-state index < -0.39 is 0 Å². The van der Waals surface area contributed by atoms with Crippen LogP contribution in [0.3, 0.4) is 0 Å². The predicted molar refractivity (Wildman–Crippen MR) is 176 cm³/mol. The van der Waals surface area contributed by atoms with E-state index in [2.05, 4.69) is 47.4 Å². The average molecular weight is 656 g/mol. The zero-order valence-corrected chi connectivity index (χ0v) is 28.3. The van der Waals surface area contributed by atoms with Gasteiger partial charge in [-0.2, -0.15) is 0 Å². The Bertz CT molecular complexity index is 1420. The predicted octanol–water partition coefficient (Wildman–Crippen LogP) is 5.23. The third-order valence-electron chi connectivity index (χ3n) is 10.7. The van der Waals surface area contributed by atoms with Crippen molar-refractivity contribution in [2.45, 2.75) is 75.7 Å². The van der Waals surface area contributed by atoms with Gasteiger partial charge in [-0.1, -0.05) is 71.7 Å². The van der Waals surface area contributed by atoms with E-state index in [-0.39, 0.29) is 29.8 Å². The lowest BCUT2D eigenvalue weighted by Crippen LogP contribution is -3.00. The molecule has 4 fully saturated rings. The number of amides is 1. The number of rotatable bonds is 9. The van der Waals surface area contributed by atoms with Gasteiger partial charge in [0.2, 0.25) is 5.91 Å². The minimum absolute atomic E-state index is 0. The van der Waals surface area contributed by atoms with Crippen LogP contribution in [0.2, 0.25) is 10.0 Å². The third-order valence-corrected chi connectivity index (χ3v) is 11.5. The molecule has 236 valence electrons. The van der Waals surface area contributed by atoms with Crippen molar-refractivity contribution < 1.29 is 26.4 Å². The van der Waals surface area contributed by atoms with Gasteiger partial charge in [0.15, 0.2) is 0 Å². The summed E-state index contributed by atoms with van der Waals surface area (Å²) < 4.78 is 7.09. The average Bonchev–Trinajstić information content (AvgIpc) is 3.03. The first-order valence-corrected chi connectivity index (χ1v) is 16.9. The summed E-state index contributed by atoms with van der Waals surface area (Å²) in [6.45, 7) is 10.4. The number of piperidine rings is 4. The van der Waals surface area contributed by atoms with Crippen molar-refractivity contribution in [1.29, 1.82) is 0 Å². The smallest absolute Gasteiger partial charge is 0.227 e. The van der Waals surface area contributed by atoms with Gasteiger partial charge in [0, 0.05) is 49.6 Å². The number of fused-ring (bicyclic) bond motifs is 3.